The van der Waals surface area contributed by atoms with E-state index < -0.39 is 5.41 Å². The Balaban J connectivity index is 1.38. The van der Waals surface area contributed by atoms with Crippen molar-refractivity contribution in [3.05, 3.63) is 228 Å². The van der Waals surface area contributed by atoms with Crippen LogP contribution < -0.4 is 19.3 Å². The summed E-state index contributed by atoms with van der Waals surface area (Å²) < 4.78 is 11.7. The lowest BCUT2D eigenvalue weighted by molar-refractivity contribution is 0.411. The van der Waals surface area contributed by atoms with Crippen molar-refractivity contribution in [1.82, 2.24) is 0 Å². The van der Waals surface area contributed by atoms with Crippen molar-refractivity contribution in [3.8, 4) is 22.6 Å². The molecule has 1 aliphatic rings. The Morgan fingerprint density at radius 2 is 0.684 bits per heavy atom. The predicted octanol–water partition coefficient (Wildman–Crippen LogP) is 13.6. The van der Waals surface area contributed by atoms with Gasteiger partial charge in [-0.05, 0) is 143 Å². The van der Waals surface area contributed by atoms with Crippen molar-refractivity contribution in [2.75, 3.05) is 24.0 Å². The molecule has 8 aromatic rings. The Morgan fingerprint density at radius 1 is 0.351 bits per heavy atom. The number of fused-ring (bicyclic) bond motifs is 3. The molecule has 0 saturated heterocycles. The second-order valence-corrected chi connectivity index (χ2v) is 14.6. The van der Waals surface area contributed by atoms with Gasteiger partial charge in [-0.2, -0.15) is 0 Å². The van der Waals surface area contributed by atoms with E-state index in [1.807, 2.05) is 0 Å². The summed E-state index contributed by atoms with van der Waals surface area (Å²) in [5, 5.41) is 0. The summed E-state index contributed by atoms with van der Waals surface area (Å²) in [6.07, 6.45) is 0. The Morgan fingerprint density at radius 3 is 0.982 bits per heavy atom. The van der Waals surface area contributed by atoms with E-state index in [1.54, 1.807) is 14.2 Å². The number of anilines is 6. The molecule has 9 rings (SSSR count). The summed E-state index contributed by atoms with van der Waals surface area (Å²) >= 11 is 0. The van der Waals surface area contributed by atoms with Gasteiger partial charge < -0.3 is 19.3 Å². The molecule has 0 N–H and O–H groups in total. The average Bonchev–Trinajstić information content (AvgIpc) is 3.55. The number of hydrogen-bond acceptors (Lipinski definition) is 4. The minimum atomic E-state index is -0.719. The number of ether oxygens (including phenoxy) is 2. The van der Waals surface area contributed by atoms with Gasteiger partial charge in [0.15, 0.2) is 0 Å². The van der Waals surface area contributed by atoms with Crippen LogP contribution in [0.15, 0.2) is 194 Å². The summed E-state index contributed by atoms with van der Waals surface area (Å²) in [6, 6.07) is 69.9. The highest BCUT2D eigenvalue weighted by Crippen LogP contribution is 2.59. The zero-order valence-corrected chi connectivity index (χ0v) is 32.7. The van der Waals surface area contributed by atoms with E-state index in [0.717, 1.165) is 67.9 Å². The number of aryl methyl sites for hydroxylation is 2. The van der Waals surface area contributed by atoms with Crippen LogP contribution in [-0.4, -0.2) is 14.2 Å². The van der Waals surface area contributed by atoms with Crippen LogP contribution in [0.2, 0.25) is 0 Å². The topological polar surface area (TPSA) is 24.9 Å². The van der Waals surface area contributed by atoms with Gasteiger partial charge in [0.25, 0.3) is 0 Å². The number of hydrogen-bond donors (Lipinski definition) is 0. The highest BCUT2D eigenvalue weighted by atomic mass is 16.5. The summed E-state index contributed by atoms with van der Waals surface area (Å²) in [6.45, 7) is 4.27. The van der Waals surface area contributed by atoms with E-state index in [2.05, 4.69) is 218 Å². The maximum absolute atomic E-state index is 5.86. The van der Waals surface area contributed by atoms with E-state index in [-0.39, 0.29) is 0 Å². The Hall–Kier alpha value is -7.04. The molecule has 0 heterocycles. The van der Waals surface area contributed by atoms with E-state index >= 15 is 0 Å². The highest BCUT2D eigenvalue weighted by molar-refractivity contribution is 5.92. The number of nitrogens with zero attached hydrogens (tertiary/aromatic N) is 2. The van der Waals surface area contributed by atoms with Crippen molar-refractivity contribution in [3.63, 3.8) is 0 Å². The zero-order chi connectivity index (χ0) is 38.9. The zero-order valence-electron chi connectivity index (χ0n) is 32.7. The Labute approximate surface area is 335 Å². The number of methoxy groups -OCH3 is 2. The Kier molecular flexibility index (Phi) is 9.31. The maximum atomic E-state index is 5.86. The second kappa shape index (κ2) is 14.9. The van der Waals surface area contributed by atoms with Crippen LogP contribution in [0.25, 0.3) is 11.1 Å². The molecule has 0 spiro atoms. The molecule has 1 aliphatic carbocycles. The van der Waals surface area contributed by atoms with Gasteiger partial charge in [-0.15, -0.1) is 0 Å². The van der Waals surface area contributed by atoms with Crippen LogP contribution in [0, 0.1) is 13.8 Å². The van der Waals surface area contributed by atoms with Crippen LogP contribution in [0.5, 0.6) is 11.5 Å². The summed E-state index contributed by atoms with van der Waals surface area (Å²) in [4.78, 5) is 4.70. The van der Waals surface area contributed by atoms with Crippen molar-refractivity contribution >= 4 is 34.1 Å². The van der Waals surface area contributed by atoms with Crippen LogP contribution in [0.1, 0.15) is 33.4 Å². The molecule has 4 heteroatoms. The molecule has 0 aromatic heterocycles. The first kappa shape index (κ1) is 35.6. The standard InChI is InChI=1S/C53H44N2O2/c1-37-33-39(25-31-51(37)56-3)53(40-26-32-52(57-4)38(2)34-40)49-35-45(54(41-17-9-5-10-18-41)42-19-11-6-12-20-42)27-29-47(49)48-30-28-46(36-50(48)53)55(43-21-13-7-14-22-43)44-23-15-8-16-24-44/h5-36H,1-4H3. The Bertz CT molecular complexity index is 2410. The summed E-state index contributed by atoms with van der Waals surface area (Å²) in [7, 11) is 3.49. The third kappa shape index (κ3) is 6.11. The second-order valence-electron chi connectivity index (χ2n) is 14.6. The summed E-state index contributed by atoms with van der Waals surface area (Å²) in [5.41, 5.74) is 15.1. The largest absolute Gasteiger partial charge is 0.496 e. The predicted molar refractivity (Wildman–Crippen MR) is 236 cm³/mol. The first-order valence-electron chi connectivity index (χ1n) is 19.4. The van der Waals surface area contributed by atoms with Crippen molar-refractivity contribution < 1.29 is 9.47 Å². The van der Waals surface area contributed by atoms with Gasteiger partial charge in [-0.3, -0.25) is 0 Å². The minimum Gasteiger partial charge on any atom is -0.496 e. The molecule has 0 amide bonds. The van der Waals surface area contributed by atoms with E-state index in [4.69, 9.17) is 9.47 Å². The third-order valence-electron chi connectivity index (χ3n) is 11.3. The molecule has 57 heavy (non-hydrogen) atoms. The molecule has 4 nitrogen and oxygen atoms in total. The van der Waals surface area contributed by atoms with Gasteiger partial charge in [0.1, 0.15) is 11.5 Å². The van der Waals surface area contributed by atoms with Gasteiger partial charge in [-0.25, -0.2) is 0 Å². The van der Waals surface area contributed by atoms with E-state index in [0.29, 0.717) is 0 Å². The molecular formula is C53H44N2O2. The molecule has 0 unspecified atom stereocenters. The molecule has 0 radical (unpaired) electrons. The number of rotatable bonds is 10. The summed E-state index contributed by atoms with van der Waals surface area (Å²) in [5.74, 6) is 1.72. The van der Waals surface area contributed by atoms with Gasteiger partial charge in [0.2, 0.25) is 0 Å². The first-order valence-corrected chi connectivity index (χ1v) is 19.4. The molecular weight excluding hydrogens is 697 g/mol. The number of benzene rings is 8. The molecule has 0 saturated carbocycles. The normalized spacial score (nSPS) is 12.4. The van der Waals surface area contributed by atoms with Crippen molar-refractivity contribution in [2.24, 2.45) is 0 Å². The van der Waals surface area contributed by atoms with Gasteiger partial charge >= 0.3 is 0 Å². The lowest BCUT2D eigenvalue weighted by Gasteiger charge is -2.36. The SMILES string of the molecule is COc1ccc(C2(c3ccc(OC)c(C)c3)c3cc(N(c4ccccc4)c4ccccc4)ccc3-c3ccc(N(c4ccccc4)c4ccccc4)cc32)cc1C. The monoisotopic (exact) mass is 740 g/mol. The lowest BCUT2D eigenvalue weighted by atomic mass is 9.67. The molecule has 0 aliphatic heterocycles. The quantitative estimate of drug-likeness (QED) is 0.139. The molecule has 0 atom stereocenters. The maximum Gasteiger partial charge on any atom is 0.121 e. The lowest BCUT2D eigenvalue weighted by Crippen LogP contribution is -2.29. The van der Waals surface area contributed by atoms with E-state index in [9.17, 15) is 0 Å². The van der Waals surface area contributed by atoms with Gasteiger partial charge in [0.05, 0.1) is 19.6 Å². The van der Waals surface area contributed by atoms with Crippen molar-refractivity contribution in [1.29, 1.82) is 0 Å². The molecule has 8 aromatic carbocycles. The van der Waals surface area contributed by atoms with Gasteiger partial charge in [-0.1, -0.05) is 109 Å². The highest BCUT2D eigenvalue weighted by Gasteiger charge is 2.47. The fourth-order valence-electron chi connectivity index (χ4n) is 8.79. The first-order chi connectivity index (χ1) is 28.0. The molecule has 0 bridgehead atoms. The van der Waals surface area contributed by atoms with Crippen molar-refractivity contribution in [2.45, 2.75) is 19.3 Å². The van der Waals surface area contributed by atoms with Gasteiger partial charge in [0, 0.05) is 34.1 Å². The number of para-hydroxylation sites is 4. The smallest absolute Gasteiger partial charge is 0.121 e. The fraction of sp³-hybridized carbons (Fsp3) is 0.0943. The minimum absolute atomic E-state index is 0.719. The average molecular weight is 741 g/mol. The van der Waals surface area contributed by atoms with Crippen LogP contribution in [0.4, 0.5) is 34.1 Å². The molecule has 278 valence electrons. The molecule has 0 fully saturated rings. The van der Waals surface area contributed by atoms with Crippen LogP contribution in [-0.2, 0) is 5.41 Å². The third-order valence-corrected chi connectivity index (χ3v) is 11.3. The van der Waals surface area contributed by atoms with Crippen LogP contribution >= 0.6 is 0 Å². The fourth-order valence-corrected chi connectivity index (χ4v) is 8.79. The van der Waals surface area contributed by atoms with E-state index in [1.165, 1.54) is 22.3 Å². The van der Waals surface area contributed by atoms with Crippen LogP contribution in [0.3, 0.4) is 0 Å².